The molecule has 0 fully saturated rings. The summed E-state index contributed by atoms with van der Waals surface area (Å²) >= 11 is 0. The van der Waals surface area contributed by atoms with Crippen molar-refractivity contribution in [2.45, 2.75) is 33.6 Å². The van der Waals surface area contributed by atoms with E-state index in [1.165, 1.54) is 11.1 Å². The van der Waals surface area contributed by atoms with E-state index in [2.05, 4.69) is 54.8 Å². The second kappa shape index (κ2) is 7.12. The molecule has 3 heteroatoms. The van der Waals surface area contributed by atoms with Gasteiger partial charge in [0.1, 0.15) is 0 Å². The van der Waals surface area contributed by atoms with Gasteiger partial charge in [-0.15, -0.1) is 0 Å². The number of hydrogen-bond donors (Lipinski definition) is 2. The Hall–Kier alpha value is -2.29. The summed E-state index contributed by atoms with van der Waals surface area (Å²) in [6, 6.07) is 14.2. The Morgan fingerprint density at radius 3 is 2.36 bits per heavy atom. The van der Waals surface area contributed by atoms with Crippen molar-refractivity contribution in [2.24, 2.45) is 0 Å². The molecule has 0 saturated heterocycles. The lowest BCUT2D eigenvalue weighted by Crippen LogP contribution is -2.22. The predicted molar refractivity (Wildman–Crippen MR) is 93.6 cm³/mol. The van der Waals surface area contributed by atoms with E-state index in [0.29, 0.717) is 5.92 Å². The largest absolute Gasteiger partial charge is 0.376 e. The molecule has 116 valence electrons. The first-order valence-electron chi connectivity index (χ1n) is 7.66. The molecule has 0 aliphatic carbocycles. The van der Waals surface area contributed by atoms with Crippen molar-refractivity contribution < 1.29 is 4.79 Å². The summed E-state index contributed by atoms with van der Waals surface area (Å²) in [4.78, 5) is 12.0. The van der Waals surface area contributed by atoms with Crippen molar-refractivity contribution in [3.05, 3.63) is 59.2 Å². The number of benzene rings is 2. The van der Waals surface area contributed by atoms with Crippen LogP contribution in [0.5, 0.6) is 0 Å². The van der Waals surface area contributed by atoms with Crippen LogP contribution in [0, 0.1) is 13.8 Å². The molecule has 0 aromatic heterocycles. The summed E-state index contributed by atoms with van der Waals surface area (Å²) < 4.78 is 0. The van der Waals surface area contributed by atoms with Gasteiger partial charge in [0, 0.05) is 11.4 Å². The summed E-state index contributed by atoms with van der Waals surface area (Å²) in [7, 11) is 0. The predicted octanol–water partition coefficient (Wildman–Crippen LogP) is 4.48. The van der Waals surface area contributed by atoms with E-state index in [4.69, 9.17) is 0 Å². The highest BCUT2D eigenvalue weighted by atomic mass is 16.1. The van der Waals surface area contributed by atoms with E-state index in [-0.39, 0.29) is 12.5 Å². The van der Waals surface area contributed by atoms with Crippen LogP contribution < -0.4 is 10.6 Å². The normalized spacial score (nSPS) is 10.6. The van der Waals surface area contributed by atoms with Crippen LogP contribution in [-0.2, 0) is 4.79 Å². The number of carbonyl (C=O) groups is 1. The van der Waals surface area contributed by atoms with Crippen LogP contribution in [0.25, 0.3) is 0 Å². The maximum absolute atomic E-state index is 12.0. The van der Waals surface area contributed by atoms with Crippen molar-refractivity contribution >= 4 is 17.3 Å². The Morgan fingerprint density at radius 1 is 1.05 bits per heavy atom. The van der Waals surface area contributed by atoms with Gasteiger partial charge in [-0.2, -0.15) is 0 Å². The second-order valence-corrected chi connectivity index (χ2v) is 6.00. The van der Waals surface area contributed by atoms with Crippen LogP contribution in [0.1, 0.15) is 36.5 Å². The fourth-order valence-electron chi connectivity index (χ4n) is 2.26. The number of carbonyl (C=O) groups excluding carboxylic acids is 1. The van der Waals surface area contributed by atoms with Crippen LogP contribution in [0.4, 0.5) is 11.4 Å². The van der Waals surface area contributed by atoms with Crippen molar-refractivity contribution in [1.29, 1.82) is 0 Å². The summed E-state index contributed by atoms with van der Waals surface area (Å²) in [6.07, 6.45) is 0. The number of nitrogens with one attached hydrogen (secondary N) is 2. The van der Waals surface area contributed by atoms with E-state index in [0.717, 1.165) is 16.9 Å². The SMILES string of the molecule is Cc1ccc(C)c(NCC(=O)Nc2ccc(C(C)C)cc2)c1. The Balaban J connectivity index is 1.91. The molecule has 22 heavy (non-hydrogen) atoms. The average molecular weight is 296 g/mol. The second-order valence-electron chi connectivity index (χ2n) is 6.00. The number of anilines is 2. The quantitative estimate of drug-likeness (QED) is 0.854. The van der Waals surface area contributed by atoms with Crippen molar-refractivity contribution in [3.63, 3.8) is 0 Å². The first-order valence-corrected chi connectivity index (χ1v) is 7.66. The van der Waals surface area contributed by atoms with Gasteiger partial charge in [-0.3, -0.25) is 4.79 Å². The zero-order valence-corrected chi connectivity index (χ0v) is 13.7. The minimum Gasteiger partial charge on any atom is -0.376 e. The van der Waals surface area contributed by atoms with Crippen LogP contribution in [0.3, 0.4) is 0 Å². The molecule has 0 spiro atoms. The molecule has 2 N–H and O–H groups in total. The lowest BCUT2D eigenvalue weighted by Gasteiger charge is -2.11. The number of aryl methyl sites for hydroxylation is 2. The van der Waals surface area contributed by atoms with Gasteiger partial charge in [0.15, 0.2) is 0 Å². The highest BCUT2D eigenvalue weighted by Gasteiger charge is 2.05. The van der Waals surface area contributed by atoms with Crippen LogP contribution in [0.2, 0.25) is 0 Å². The molecular formula is C19H24N2O. The fourth-order valence-corrected chi connectivity index (χ4v) is 2.26. The summed E-state index contributed by atoms with van der Waals surface area (Å²) in [5.41, 5.74) is 5.42. The van der Waals surface area contributed by atoms with Crippen LogP contribution in [0.15, 0.2) is 42.5 Å². The molecule has 2 rings (SSSR count). The lowest BCUT2D eigenvalue weighted by molar-refractivity contribution is -0.114. The number of hydrogen-bond acceptors (Lipinski definition) is 2. The maximum Gasteiger partial charge on any atom is 0.243 e. The fraction of sp³-hybridized carbons (Fsp3) is 0.316. The van der Waals surface area contributed by atoms with Gasteiger partial charge >= 0.3 is 0 Å². The first kappa shape index (κ1) is 16.1. The third-order valence-corrected chi connectivity index (χ3v) is 3.69. The van der Waals surface area contributed by atoms with Gasteiger partial charge < -0.3 is 10.6 Å². The zero-order valence-electron chi connectivity index (χ0n) is 13.7. The highest BCUT2D eigenvalue weighted by molar-refractivity contribution is 5.93. The van der Waals surface area contributed by atoms with E-state index in [1.807, 2.05) is 26.0 Å². The van der Waals surface area contributed by atoms with Crippen molar-refractivity contribution in [1.82, 2.24) is 0 Å². The van der Waals surface area contributed by atoms with E-state index >= 15 is 0 Å². The molecule has 0 aliphatic heterocycles. The third-order valence-electron chi connectivity index (χ3n) is 3.69. The summed E-state index contributed by atoms with van der Waals surface area (Å²) in [5.74, 6) is 0.453. The van der Waals surface area contributed by atoms with E-state index in [9.17, 15) is 4.79 Å². The van der Waals surface area contributed by atoms with Crippen molar-refractivity contribution in [3.8, 4) is 0 Å². The molecule has 2 aromatic rings. The Kier molecular flexibility index (Phi) is 5.21. The monoisotopic (exact) mass is 296 g/mol. The van der Waals surface area contributed by atoms with Gasteiger partial charge in [-0.1, -0.05) is 38.1 Å². The molecule has 0 radical (unpaired) electrons. The minimum atomic E-state index is -0.0433. The van der Waals surface area contributed by atoms with Gasteiger partial charge in [-0.05, 0) is 54.7 Å². The van der Waals surface area contributed by atoms with Gasteiger partial charge in [0.25, 0.3) is 0 Å². The third kappa shape index (κ3) is 4.35. The zero-order chi connectivity index (χ0) is 16.1. The van der Waals surface area contributed by atoms with Gasteiger partial charge in [0.05, 0.1) is 6.54 Å². The molecule has 0 unspecified atom stereocenters. The minimum absolute atomic E-state index is 0.0433. The van der Waals surface area contributed by atoms with Gasteiger partial charge in [0.2, 0.25) is 5.91 Å². The Bertz CT molecular complexity index is 645. The molecule has 0 atom stereocenters. The Labute approximate surface area is 132 Å². The van der Waals surface area contributed by atoms with E-state index in [1.54, 1.807) is 0 Å². The van der Waals surface area contributed by atoms with E-state index < -0.39 is 0 Å². The lowest BCUT2D eigenvalue weighted by atomic mass is 10.0. The maximum atomic E-state index is 12.0. The standard InChI is InChI=1S/C19H24N2O/c1-13(2)16-7-9-17(10-8-16)21-19(22)12-20-18-11-14(3)5-6-15(18)4/h5-11,13,20H,12H2,1-4H3,(H,21,22). The molecule has 0 bridgehead atoms. The summed E-state index contributed by atoms with van der Waals surface area (Å²) in [5, 5.41) is 6.10. The molecule has 1 amide bonds. The average Bonchev–Trinajstić information content (AvgIpc) is 2.49. The topological polar surface area (TPSA) is 41.1 Å². The number of amides is 1. The van der Waals surface area contributed by atoms with Crippen LogP contribution in [-0.4, -0.2) is 12.5 Å². The molecule has 0 aliphatic rings. The van der Waals surface area contributed by atoms with Crippen molar-refractivity contribution in [2.75, 3.05) is 17.2 Å². The molecule has 0 heterocycles. The first-order chi connectivity index (χ1) is 10.5. The number of rotatable bonds is 5. The molecule has 0 saturated carbocycles. The van der Waals surface area contributed by atoms with Crippen LogP contribution >= 0.6 is 0 Å². The molecular weight excluding hydrogens is 272 g/mol. The molecule has 2 aromatic carbocycles. The van der Waals surface area contributed by atoms with Gasteiger partial charge in [-0.25, -0.2) is 0 Å². The smallest absolute Gasteiger partial charge is 0.243 e. The highest BCUT2D eigenvalue weighted by Crippen LogP contribution is 2.18. The Morgan fingerprint density at radius 2 is 1.73 bits per heavy atom. The summed E-state index contributed by atoms with van der Waals surface area (Å²) in [6.45, 7) is 8.64. The molecule has 3 nitrogen and oxygen atoms in total.